The van der Waals surface area contributed by atoms with Crippen LogP contribution in [0.1, 0.15) is 39.1 Å². The van der Waals surface area contributed by atoms with E-state index >= 15 is 0 Å². The molecule has 0 aliphatic rings. The lowest BCUT2D eigenvalue weighted by molar-refractivity contribution is 0.310. The van der Waals surface area contributed by atoms with Gasteiger partial charge in [0, 0.05) is 0 Å². The van der Waals surface area contributed by atoms with E-state index < -0.39 is 0 Å². The molecular formula is C9H17N3. The highest BCUT2D eigenvalue weighted by Gasteiger charge is 2.16. The summed E-state index contributed by atoms with van der Waals surface area (Å²) in [5.41, 5.74) is 2.15. The van der Waals surface area contributed by atoms with Gasteiger partial charge in [-0.1, -0.05) is 6.92 Å². The third kappa shape index (κ3) is 1.65. The highest BCUT2D eigenvalue weighted by Crippen LogP contribution is 2.12. The van der Waals surface area contributed by atoms with Crippen LogP contribution in [0.5, 0.6) is 0 Å². The first-order valence-electron chi connectivity index (χ1n) is 4.38. The van der Waals surface area contributed by atoms with Crippen molar-refractivity contribution in [2.24, 2.45) is 0 Å². The third-order valence-corrected chi connectivity index (χ3v) is 1.81. The van der Waals surface area contributed by atoms with Crippen LogP contribution in [0.15, 0.2) is 0 Å². The Kier molecular flexibility index (Phi) is 2.22. The van der Waals surface area contributed by atoms with E-state index in [1.165, 1.54) is 0 Å². The lowest BCUT2D eigenvalue weighted by Crippen LogP contribution is -2.24. The van der Waals surface area contributed by atoms with Crippen LogP contribution in [0.3, 0.4) is 0 Å². The fourth-order valence-electron chi connectivity index (χ4n) is 1.04. The van der Waals surface area contributed by atoms with Gasteiger partial charge in [-0.05, 0) is 34.1 Å². The van der Waals surface area contributed by atoms with Gasteiger partial charge >= 0.3 is 0 Å². The monoisotopic (exact) mass is 167 g/mol. The molecule has 12 heavy (non-hydrogen) atoms. The first kappa shape index (κ1) is 9.23. The maximum Gasteiger partial charge on any atom is 0.0853 e. The molecule has 0 spiro atoms. The summed E-state index contributed by atoms with van der Waals surface area (Å²) >= 11 is 0. The van der Waals surface area contributed by atoms with Crippen molar-refractivity contribution in [3.05, 3.63) is 11.4 Å². The molecule has 0 N–H and O–H groups in total. The Morgan fingerprint density at radius 1 is 1.25 bits per heavy atom. The molecule has 0 aliphatic heterocycles. The Bertz CT molecular complexity index is 268. The van der Waals surface area contributed by atoms with Gasteiger partial charge in [-0.3, -0.25) is 0 Å². The molecule has 0 saturated heterocycles. The molecule has 0 fully saturated rings. The number of rotatable bonds is 1. The minimum Gasteiger partial charge on any atom is -0.179 e. The van der Waals surface area contributed by atoms with Crippen LogP contribution in [0, 0.1) is 6.92 Å². The van der Waals surface area contributed by atoms with Crippen molar-refractivity contribution in [1.82, 2.24) is 15.0 Å². The standard InChI is InChI=1S/C9H17N3/c1-6-8-7(2)10-12(11-8)9(3,4)5/h6H2,1-5H3. The summed E-state index contributed by atoms with van der Waals surface area (Å²) in [5, 5.41) is 8.76. The molecule has 0 aliphatic carbocycles. The molecular weight excluding hydrogens is 150 g/mol. The molecule has 68 valence electrons. The van der Waals surface area contributed by atoms with Gasteiger partial charge in [0.15, 0.2) is 0 Å². The van der Waals surface area contributed by atoms with Gasteiger partial charge in [-0.2, -0.15) is 15.0 Å². The maximum atomic E-state index is 4.41. The summed E-state index contributed by atoms with van der Waals surface area (Å²) in [6.07, 6.45) is 0.960. The largest absolute Gasteiger partial charge is 0.179 e. The summed E-state index contributed by atoms with van der Waals surface area (Å²) < 4.78 is 0. The molecule has 0 bridgehead atoms. The van der Waals surface area contributed by atoms with Crippen LogP contribution in [0.4, 0.5) is 0 Å². The van der Waals surface area contributed by atoms with Crippen molar-refractivity contribution >= 4 is 0 Å². The van der Waals surface area contributed by atoms with E-state index in [9.17, 15) is 0 Å². The van der Waals surface area contributed by atoms with Crippen LogP contribution in [-0.4, -0.2) is 15.0 Å². The molecule has 3 heteroatoms. The predicted octanol–water partition coefficient (Wildman–Crippen LogP) is 1.90. The van der Waals surface area contributed by atoms with Crippen molar-refractivity contribution in [1.29, 1.82) is 0 Å². The van der Waals surface area contributed by atoms with Crippen LogP contribution in [0.25, 0.3) is 0 Å². The van der Waals surface area contributed by atoms with E-state index in [1.54, 1.807) is 4.80 Å². The molecule has 0 amide bonds. The number of aromatic nitrogens is 3. The average Bonchev–Trinajstić information content (AvgIpc) is 2.29. The molecule has 1 aromatic rings. The van der Waals surface area contributed by atoms with Crippen LogP contribution in [0.2, 0.25) is 0 Å². The Balaban J connectivity index is 3.05. The molecule has 0 atom stereocenters. The van der Waals surface area contributed by atoms with E-state index in [2.05, 4.69) is 37.9 Å². The van der Waals surface area contributed by atoms with Crippen molar-refractivity contribution in [3.8, 4) is 0 Å². The van der Waals surface area contributed by atoms with Gasteiger partial charge in [0.25, 0.3) is 0 Å². The van der Waals surface area contributed by atoms with Gasteiger partial charge < -0.3 is 0 Å². The quantitative estimate of drug-likeness (QED) is 0.639. The Morgan fingerprint density at radius 2 is 1.83 bits per heavy atom. The first-order chi connectivity index (χ1) is 5.45. The summed E-state index contributed by atoms with van der Waals surface area (Å²) in [7, 11) is 0. The average molecular weight is 167 g/mol. The van der Waals surface area contributed by atoms with E-state index in [0.717, 1.165) is 17.8 Å². The first-order valence-corrected chi connectivity index (χ1v) is 4.38. The van der Waals surface area contributed by atoms with Crippen molar-refractivity contribution in [2.75, 3.05) is 0 Å². The molecule has 0 unspecified atom stereocenters. The molecule has 0 aromatic carbocycles. The lowest BCUT2D eigenvalue weighted by atomic mass is 10.1. The molecule has 1 aromatic heterocycles. The number of aryl methyl sites for hydroxylation is 2. The summed E-state index contributed by atoms with van der Waals surface area (Å²) in [4.78, 5) is 1.79. The smallest absolute Gasteiger partial charge is 0.0853 e. The van der Waals surface area contributed by atoms with Gasteiger partial charge in [-0.15, -0.1) is 0 Å². The highest BCUT2D eigenvalue weighted by atomic mass is 15.5. The van der Waals surface area contributed by atoms with Crippen LogP contribution >= 0.6 is 0 Å². The topological polar surface area (TPSA) is 30.7 Å². The molecule has 0 radical (unpaired) electrons. The fourth-order valence-corrected chi connectivity index (χ4v) is 1.04. The van der Waals surface area contributed by atoms with Gasteiger partial charge in [-0.25, -0.2) is 0 Å². The maximum absolute atomic E-state index is 4.41. The number of nitrogens with zero attached hydrogens (tertiary/aromatic N) is 3. The van der Waals surface area contributed by atoms with Crippen molar-refractivity contribution in [3.63, 3.8) is 0 Å². The number of hydrogen-bond donors (Lipinski definition) is 0. The molecule has 1 heterocycles. The van der Waals surface area contributed by atoms with Gasteiger partial charge in [0.2, 0.25) is 0 Å². The zero-order chi connectivity index (χ0) is 9.35. The second-order valence-electron chi connectivity index (χ2n) is 4.05. The number of hydrogen-bond acceptors (Lipinski definition) is 2. The zero-order valence-electron chi connectivity index (χ0n) is 8.55. The minimum atomic E-state index is -0.00181. The summed E-state index contributed by atoms with van der Waals surface area (Å²) in [6.45, 7) is 10.4. The Hall–Kier alpha value is -0.860. The fraction of sp³-hybridized carbons (Fsp3) is 0.778. The van der Waals surface area contributed by atoms with E-state index in [0.29, 0.717) is 0 Å². The second-order valence-corrected chi connectivity index (χ2v) is 4.05. The normalized spacial score (nSPS) is 12.1. The van der Waals surface area contributed by atoms with E-state index in [1.807, 2.05) is 6.92 Å². The van der Waals surface area contributed by atoms with Gasteiger partial charge in [0.1, 0.15) is 0 Å². The van der Waals surface area contributed by atoms with E-state index in [-0.39, 0.29) is 5.54 Å². The van der Waals surface area contributed by atoms with E-state index in [4.69, 9.17) is 0 Å². The zero-order valence-corrected chi connectivity index (χ0v) is 8.55. The molecule has 0 saturated carbocycles. The molecule has 1 rings (SSSR count). The SMILES string of the molecule is CCc1nn(C(C)(C)C)nc1C. The Morgan fingerprint density at radius 3 is 2.08 bits per heavy atom. The van der Waals surface area contributed by atoms with Crippen LogP contribution < -0.4 is 0 Å². The Labute approximate surface area is 73.8 Å². The highest BCUT2D eigenvalue weighted by molar-refractivity contribution is 5.06. The van der Waals surface area contributed by atoms with Crippen molar-refractivity contribution < 1.29 is 0 Å². The molecule has 3 nitrogen and oxygen atoms in total. The second kappa shape index (κ2) is 2.88. The minimum absolute atomic E-state index is 0.00181. The summed E-state index contributed by atoms with van der Waals surface area (Å²) in [6, 6.07) is 0. The predicted molar refractivity (Wildman–Crippen MR) is 49.1 cm³/mol. The third-order valence-electron chi connectivity index (χ3n) is 1.81. The van der Waals surface area contributed by atoms with Crippen LogP contribution in [-0.2, 0) is 12.0 Å². The van der Waals surface area contributed by atoms with Gasteiger partial charge in [0.05, 0.1) is 16.9 Å². The van der Waals surface area contributed by atoms with Crippen molar-refractivity contribution in [2.45, 2.75) is 46.6 Å². The summed E-state index contributed by atoms with van der Waals surface area (Å²) in [5.74, 6) is 0. The lowest BCUT2D eigenvalue weighted by Gasteiger charge is -2.16.